The lowest BCUT2D eigenvalue weighted by Crippen LogP contribution is -3.08. The van der Waals surface area contributed by atoms with Crippen molar-refractivity contribution in [3.63, 3.8) is 0 Å². The summed E-state index contributed by atoms with van der Waals surface area (Å²) >= 11 is 9.31. The summed E-state index contributed by atoms with van der Waals surface area (Å²) in [5.41, 5.74) is 2.26. The van der Waals surface area contributed by atoms with E-state index in [0.29, 0.717) is 11.6 Å². The van der Waals surface area contributed by atoms with E-state index in [2.05, 4.69) is 33.4 Å². The summed E-state index contributed by atoms with van der Waals surface area (Å²) in [6.07, 6.45) is 0. The van der Waals surface area contributed by atoms with Crippen molar-refractivity contribution in [3.05, 3.63) is 69.2 Å². The molecular weight excluding hydrogens is 376 g/mol. The number of amides is 1. The highest BCUT2D eigenvalue weighted by Crippen LogP contribution is 2.15. The molecule has 122 valence electrons. The predicted molar refractivity (Wildman–Crippen MR) is 97.6 cm³/mol. The number of rotatable bonds is 6. The summed E-state index contributed by atoms with van der Waals surface area (Å²) < 4.78 is 1.06. The highest BCUT2D eigenvalue weighted by molar-refractivity contribution is 9.10. The van der Waals surface area contributed by atoms with Crippen LogP contribution in [0.5, 0.6) is 0 Å². The van der Waals surface area contributed by atoms with E-state index in [-0.39, 0.29) is 11.9 Å². The number of hydrogen-bond donors (Lipinski definition) is 2. The van der Waals surface area contributed by atoms with Gasteiger partial charge in [-0.15, -0.1) is 0 Å². The molecule has 0 aliphatic rings. The fourth-order valence-electron chi connectivity index (χ4n) is 2.41. The molecule has 23 heavy (non-hydrogen) atoms. The lowest BCUT2D eigenvalue weighted by Gasteiger charge is -2.17. The van der Waals surface area contributed by atoms with Gasteiger partial charge in [-0.05, 0) is 36.8 Å². The zero-order chi connectivity index (χ0) is 16.8. The van der Waals surface area contributed by atoms with Crippen molar-refractivity contribution < 1.29 is 9.69 Å². The Morgan fingerprint density at radius 1 is 1.17 bits per heavy atom. The zero-order valence-corrected chi connectivity index (χ0v) is 15.6. The van der Waals surface area contributed by atoms with E-state index in [9.17, 15) is 4.79 Å². The molecule has 0 spiro atoms. The number of quaternary nitrogens is 1. The topological polar surface area (TPSA) is 33.5 Å². The second-order valence-corrected chi connectivity index (χ2v) is 7.13. The summed E-state index contributed by atoms with van der Waals surface area (Å²) in [6.45, 7) is 3.23. The van der Waals surface area contributed by atoms with Gasteiger partial charge < -0.3 is 10.2 Å². The van der Waals surface area contributed by atoms with Crippen molar-refractivity contribution in [1.29, 1.82) is 0 Å². The fourth-order valence-corrected chi connectivity index (χ4v) is 2.80. The Hall–Kier alpha value is -1.36. The van der Waals surface area contributed by atoms with Crippen LogP contribution in [0.2, 0.25) is 5.02 Å². The SMILES string of the molecule is C[C@H](NC(=O)C[NH+](C)Cc1ccc(Br)cc1)c1ccc(Cl)cc1. The molecule has 0 radical (unpaired) electrons. The van der Waals surface area contributed by atoms with Gasteiger partial charge in [-0.3, -0.25) is 4.79 Å². The standard InChI is InChI=1S/C18H20BrClN2O/c1-13(15-5-9-17(20)10-6-15)21-18(23)12-22(2)11-14-3-7-16(19)8-4-14/h3-10,13H,11-12H2,1-2H3,(H,21,23)/p+1/t13-/m0/s1. The maximum absolute atomic E-state index is 12.2. The molecule has 0 aliphatic carbocycles. The minimum absolute atomic E-state index is 0.0275. The number of carbonyl (C=O) groups excluding carboxylic acids is 1. The van der Waals surface area contributed by atoms with Gasteiger partial charge in [0.25, 0.3) is 5.91 Å². The third-order valence-electron chi connectivity index (χ3n) is 3.63. The average molecular weight is 397 g/mol. The van der Waals surface area contributed by atoms with Crippen molar-refractivity contribution in [1.82, 2.24) is 5.32 Å². The van der Waals surface area contributed by atoms with E-state index in [1.165, 1.54) is 5.56 Å². The number of likely N-dealkylation sites (N-methyl/N-ethyl adjacent to an activating group) is 1. The van der Waals surface area contributed by atoms with Crippen molar-refractivity contribution >= 4 is 33.4 Å². The van der Waals surface area contributed by atoms with Crippen molar-refractivity contribution in [2.75, 3.05) is 13.6 Å². The van der Waals surface area contributed by atoms with Crippen LogP contribution in [-0.4, -0.2) is 19.5 Å². The molecule has 2 atom stereocenters. The minimum Gasteiger partial charge on any atom is -0.345 e. The summed E-state index contributed by atoms with van der Waals surface area (Å²) in [5.74, 6) is 0.0436. The Morgan fingerprint density at radius 3 is 2.39 bits per heavy atom. The van der Waals surface area contributed by atoms with Gasteiger partial charge in [-0.1, -0.05) is 51.8 Å². The van der Waals surface area contributed by atoms with Crippen LogP contribution in [0.3, 0.4) is 0 Å². The summed E-state index contributed by atoms with van der Waals surface area (Å²) in [6, 6.07) is 15.7. The fraction of sp³-hybridized carbons (Fsp3) is 0.278. The van der Waals surface area contributed by atoms with E-state index in [4.69, 9.17) is 11.6 Å². The Labute approximate surface area is 150 Å². The number of nitrogens with one attached hydrogen (secondary N) is 2. The molecular formula is C18H21BrClN2O+. The molecule has 0 saturated heterocycles. The first kappa shape index (κ1) is 18.0. The third-order valence-corrected chi connectivity index (χ3v) is 4.41. The Morgan fingerprint density at radius 2 is 1.78 bits per heavy atom. The van der Waals surface area contributed by atoms with Crippen molar-refractivity contribution in [3.8, 4) is 0 Å². The first-order valence-electron chi connectivity index (χ1n) is 7.54. The molecule has 0 fully saturated rings. The molecule has 2 N–H and O–H groups in total. The smallest absolute Gasteiger partial charge is 0.275 e. The quantitative estimate of drug-likeness (QED) is 0.773. The van der Waals surface area contributed by atoms with E-state index < -0.39 is 0 Å². The summed E-state index contributed by atoms with van der Waals surface area (Å²) in [7, 11) is 2.02. The average Bonchev–Trinajstić information content (AvgIpc) is 2.50. The van der Waals surface area contributed by atoms with Gasteiger partial charge in [0.1, 0.15) is 6.54 Å². The first-order chi connectivity index (χ1) is 10.9. The van der Waals surface area contributed by atoms with Crippen LogP contribution < -0.4 is 10.2 Å². The van der Waals surface area contributed by atoms with Gasteiger partial charge in [0.05, 0.1) is 13.1 Å². The largest absolute Gasteiger partial charge is 0.345 e. The van der Waals surface area contributed by atoms with Crippen molar-refractivity contribution in [2.24, 2.45) is 0 Å². The van der Waals surface area contributed by atoms with Crippen LogP contribution in [0.15, 0.2) is 53.0 Å². The maximum atomic E-state index is 12.2. The molecule has 1 amide bonds. The van der Waals surface area contributed by atoms with E-state index in [0.717, 1.165) is 21.5 Å². The normalized spacial score (nSPS) is 13.4. The van der Waals surface area contributed by atoms with Gasteiger partial charge in [0.2, 0.25) is 0 Å². The van der Waals surface area contributed by atoms with Crippen LogP contribution >= 0.6 is 27.5 Å². The molecule has 5 heteroatoms. The molecule has 0 heterocycles. The second kappa shape index (κ2) is 8.48. The van der Waals surface area contributed by atoms with Gasteiger partial charge in [-0.25, -0.2) is 0 Å². The first-order valence-corrected chi connectivity index (χ1v) is 8.71. The second-order valence-electron chi connectivity index (χ2n) is 5.78. The summed E-state index contributed by atoms with van der Waals surface area (Å²) in [4.78, 5) is 13.3. The van der Waals surface area contributed by atoms with Crippen molar-refractivity contribution in [2.45, 2.75) is 19.5 Å². The predicted octanol–water partition coefficient (Wildman–Crippen LogP) is 2.99. The highest BCUT2D eigenvalue weighted by atomic mass is 79.9. The minimum atomic E-state index is -0.0275. The molecule has 1 unspecified atom stereocenters. The molecule has 2 rings (SSSR count). The molecule has 0 aromatic heterocycles. The van der Waals surface area contributed by atoms with Gasteiger partial charge in [0, 0.05) is 15.1 Å². The number of benzene rings is 2. The zero-order valence-electron chi connectivity index (χ0n) is 13.3. The number of halogens is 2. The molecule has 3 nitrogen and oxygen atoms in total. The summed E-state index contributed by atoms with van der Waals surface area (Å²) in [5, 5.41) is 3.73. The van der Waals surface area contributed by atoms with Crippen LogP contribution in [0.25, 0.3) is 0 Å². The monoisotopic (exact) mass is 395 g/mol. The van der Waals surface area contributed by atoms with E-state index in [1.807, 2.05) is 50.4 Å². The van der Waals surface area contributed by atoms with Crippen LogP contribution in [0.4, 0.5) is 0 Å². The number of hydrogen-bond acceptors (Lipinski definition) is 1. The molecule has 2 aromatic rings. The van der Waals surface area contributed by atoms with Crippen LogP contribution in [0, 0.1) is 0 Å². The lowest BCUT2D eigenvalue weighted by atomic mass is 10.1. The molecule has 2 aromatic carbocycles. The molecule has 0 bridgehead atoms. The Bertz CT molecular complexity index is 643. The third kappa shape index (κ3) is 5.98. The van der Waals surface area contributed by atoms with Gasteiger partial charge in [-0.2, -0.15) is 0 Å². The molecule has 0 saturated carbocycles. The Balaban J connectivity index is 1.83. The molecule has 0 aliphatic heterocycles. The van der Waals surface area contributed by atoms with Gasteiger partial charge in [0.15, 0.2) is 6.54 Å². The van der Waals surface area contributed by atoms with Crippen LogP contribution in [0.1, 0.15) is 24.1 Å². The van der Waals surface area contributed by atoms with Crippen LogP contribution in [-0.2, 0) is 11.3 Å². The highest BCUT2D eigenvalue weighted by Gasteiger charge is 2.14. The maximum Gasteiger partial charge on any atom is 0.275 e. The van der Waals surface area contributed by atoms with Gasteiger partial charge >= 0.3 is 0 Å². The lowest BCUT2D eigenvalue weighted by molar-refractivity contribution is -0.885. The van der Waals surface area contributed by atoms with E-state index >= 15 is 0 Å². The Kier molecular flexibility index (Phi) is 6.63. The number of carbonyl (C=O) groups is 1. The van der Waals surface area contributed by atoms with E-state index in [1.54, 1.807) is 0 Å².